The van der Waals surface area contributed by atoms with Crippen LogP contribution in [0, 0.1) is 5.92 Å². The normalized spacial score (nSPS) is 16.4. The fraction of sp³-hybridized carbons (Fsp3) is 0.600. The van der Waals surface area contributed by atoms with Crippen LogP contribution in [0.4, 0.5) is 0 Å². The summed E-state index contributed by atoms with van der Waals surface area (Å²) in [5.41, 5.74) is 1.24. The van der Waals surface area contributed by atoms with Crippen molar-refractivity contribution in [1.82, 2.24) is 5.32 Å². The Morgan fingerprint density at radius 3 is 2.50 bits per heavy atom. The highest BCUT2D eigenvalue weighted by atomic mass is 79.9. The van der Waals surface area contributed by atoms with Crippen molar-refractivity contribution in [1.29, 1.82) is 0 Å². The number of halogens is 2. The second kappa shape index (κ2) is 8.37. The van der Waals surface area contributed by atoms with Gasteiger partial charge >= 0.3 is 0 Å². The highest BCUT2D eigenvalue weighted by Crippen LogP contribution is 2.35. The van der Waals surface area contributed by atoms with Crippen LogP contribution in [0.3, 0.4) is 0 Å². The van der Waals surface area contributed by atoms with Crippen LogP contribution in [0.5, 0.6) is 5.75 Å². The van der Waals surface area contributed by atoms with Gasteiger partial charge in [0.05, 0.1) is 15.6 Å². The molecule has 1 aromatic carbocycles. The molecule has 0 atom stereocenters. The van der Waals surface area contributed by atoms with E-state index in [0.717, 1.165) is 60.4 Å². The summed E-state index contributed by atoms with van der Waals surface area (Å²) >= 11 is 7.21. The molecule has 0 bridgehead atoms. The van der Waals surface area contributed by atoms with E-state index in [2.05, 4.69) is 56.2 Å². The number of hydrogen-bond acceptors (Lipinski definition) is 3. The summed E-state index contributed by atoms with van der Waals surface area (Å²) in [6, 6.07) is 4.24. The molecule has 1 N–H and O–H groups in total. The average molecular weight is 407 g/mol. The van der Waals surface area contributed by atoms with Gasteiger partial charge < -0.3 is 14.8 Å². The van der Waals surface area contributed by atoms with E-state index in [9.17, 15) is 0 Å². The summed E-state index contributed by atoms with van der Waals surface area (Å²) in [7, 11) is 0. The van der Waals surface area contributed by atoms with Gasteiger partial charge in [0.15, 0.2) is 0 Å². The summed E-state index contributed by atoms with van der Waals surface area (Å²) in [5.74, 6) is 1.50. The van der Waals surface area contributed by atoms with Crippen LogP contribution in [-0.4, -0.2) is 26.4 Å². The Hall–Kier alpha value is -0.100. The van der Waals surface area contributed by atoms with Crippen molar-refractivity contribution in [3.05, 3.63) is 26.6 Å². The van der Waals surface area contributed by atoms with Crippen LogP contribution in [0.1, 0.15) is 25.3 Å². The molecular weight excluding hydrogens is 386 g/mol. The maximum absolute atomic E-state index is 6.00. The minimum Gasteiger partial charge on any atom is -0.491 e. The zero-order valence-corrected chi connectivity index (χ0v) is 14.9. The molecule has 2 rings (SSSR count). The van der Waals surface area contributed by atoms with Gasteiger partial charge in [-0.1, -0.05) is 6.92 Å². The van der Waals surface area contributed by atoms with Crippen molar-refractivity contribution >= 4 is 31.9 Å². The fourth-order valence-electron chi connectivity index (χ4n) is 2.24. The van der Waals surface area contributed by atoms with Crippen molar-refractivity contribution in [2.45, 2.75) is 26.3 Å². The van der Waals surface area contributed by atoms with Gasteiger partial charge in [-0.05, 0) is 74.9 Å². The van der Waals surface area contributed by atoms with Gasteiger partial charge in [-0.15, -0.1) is 0 Å². The second-order valence-electron chi connectivity index (χ2n) is 5.04. The van der Waals surface area contributed by atoms with Crippen molar-refractivity contribution in [3.8, 4) is 5.75 Å². The Morgan fingerprint density at radius 2 is 1.90 bits per heavy atom. The largest absolute Gasteiger partial charge is 0.491 e. The van der Waals surface area contributed by atoms with Crippen LogP contribution in [0.15, 0.2) is 21.1 Å². The molecule has 112 valence electrons. The first-order valence-electron chi connectivity index (χ1n) is 7.10. The lowest BCUT2D eigenvalue weighted by Gasteiger charge is -2.23. The van der Waals surface area contributed by atoms with Crippen molar-refractivity contribution in [2.24, 2.45) is 5.92 Å². The monoisotopic (exact) mass is 405 g/mol. The third-order valence-electron chi connectivity index (χ3n) is 3.44. The summed E-state index contributed by atoms with van der Waals surface area (Å²) in [4.78, 5) is 0. The Morgan fingerprint density at radius 1 is 1.25 bits per heavy atom. The van der Waals surface area contributed by atoms with E-state index in [1.54, 1.807) is 0 Å². The highest BCUT2D eigenvalue weighted by Gasteiger charge is 2.16. The Bertz CT molecular complexity index is 411. The Balaban J connectivity index is 1.96. The zero-order valence-electron chi connectivity index (χ0n) is 11.8. The van der Waals surface area contributed by atoms with Crippen molar-refractivity contribution in [2.75, 3.05) is 26.4 Å². The van der Waals surface area contributed by atoms with Crippen molar-refractivity contribution < 1.29 is 9.47 Å². The van der Waals surface area contributed by atoms with Gasteiger partial charge in [-0.3, -0.25) is 0 Å². The minimum atomic E-state index is 0.601. The first-order valence-corrected chi connectivity index (χ1v) is 8.68. The number of rotatable bonds is 6. The molecule has 0 radical (unpaired) electrons. The summed E-state index contributed by atoms with van der Waals surface area (Å²) in [6.45, 7) is 6.42. The molecule has 0 saturated carbocycles. The van der Waals surface area contributed by atoms with E-state index in [-0.39, 0.29) is 0 Å². The lowest BCUT2D eigenvalue weighted by atomic mass is 10.0. The van der Waals surface area contributed by atoms with E-state index in [4.69, 9.17) is 9.47 Å². The van der Waals surface area contributed by atoms with Crippen LogP contribution in [0.25, 0.3) is 0 Å². The van der Waals surface area contributed by atoms with Gasteiger partial charge in [-0.25, -0.2) is 0 Å². The molecule has 1 aromatic rings. The molecule has 1 aliphatic heterocycles. The number of benzene rings is 1. The lowest BCUT2D eigenvalue weighted by molar-refractivity contribution is 0.0495. The average Bonchev–Trinajstić information content (AvgIpc) is 2.45. The van der Waals surface area contributed by atoms with E-state index in [0.29, 0.717) is 5.92 Å². The third kappa shape index (κ3) is 4.72. The maximum atomic E-state index is 6.00. The Kier molecular flexibility index (Phi) is 6.81. The quantitative estimate of drug-likeness (QED) is 0.770. The SMILES string of the molecule is CCNCc1cc(Br)c(OCC2CCOCC2)c(Br)c1. The summed E-state index contributed by atoms with van der Waals surface area (Å²) in [5, 5.41) is 3.33. The molecule has 1 heterocycles. The first kappa shape index (κ1) is 16.3. The van der Waals surface area contributed by atoms with Crippen LogP contribution >= 0.6 is 31.9 Å². The molecule has 0 aliphatic carbocycles. The van der Waals surface area contributed by atoms with Crippen LogP contribution in [0.2, 0.25) is 0 Å². The highest BCUT2D eigenvalue weighted by molar-refractivity contribution is 9.11. The van der Waals surface area contributed by atoms with Gasteiger partial charge in [-0.2, -0.15) is 0 Å². The molecule has 1 aliphatic rings. The fourth-order valence-corrected chi connectivity index (χ4v) is 3.75. The number of ether oxygens (including phenoxy) is 2. The van der Waals surface area contributed by atoms with Gasteiger partial charge in [0.25, 0.3) is 0 Å². The van der Waals surface area contributed by atoms with Crippen LogP contribution < -0.4 is 10.1 Å². The van der Waals surface area contributed by atoms with Crippen molar-refractivity contribution in [3.63, 3.8) is 0 Å². The summed E-state index contributed by atoms with van der Waals surface area (Å²) in [6.07, 6.45) is 2.18. The summed E-state index contributed by atoms with van der Waals surface area (Å²) < 4.78 is 13.4. The molecular formula is C15H21Br2NO2. The zero-order chi connectivity index (χ0) is 14.4. The van der Waals surface area contributed by atoms with E-state index in [1.807, 2.05) is 0 Å². The predicted molar refractivity (Wildman–Crippen MR) is 88.3 cm³/mol. The molecule has 0 amide bonds. The van der Waals surface area contributed by atoms with Gasteiger partial charge in [0.1, 0.15) is 5.75 Å². The van der Waals surface area contributed by atoms with Gasteiger partial charge in [0, 0.05) is 19.8 Å². The second-order valence-corrected chi connectivity index (χ2v) is 6.74. The first-order chi connectivity index (χ1) is 9.70. The van der Waals surface area contributed by atoms with Crippen LogP contribution in [-0.2, 0) is 11.3 Å². The molecule has 1 saturated heterocycles. The lowest BCUT2D eigenvalue weighted by Crippen LogP contribution is -2.21. The molecule has 3 nitrogen and oxygen atoms in total. The number of hydrogen-bond donors (Lipinski definition) is 1. The van der Waals surface area contributed by atoms with E-state index in [1.165, 1.54) is 5.56 Å². The molecule has 0 spiro atoms. The molecule has 1 fully saturated rings. The molecule has 20 heavy (non-hydrogen) atoms. The third-order valence-corrected chi connectivity index (χ3v) is 4.62. The Labute approximate surface area is 137 Å². The van der Waals surface area contributed by atoms with Gasteiger partial charge in [0.2, 0.25) is 0 Å². The number of nitrogens with one attached hydrogen (secondary N) is 1. The molecule has 0 unspecified atom stereocenters. The van der Waals surface area contributed by atoms with E-state index < -0.39 is 0 Å². The maximum Gasteiger partial charge on any atom is 0.147 e. The topological polar surface area (TPSA) is 30.5 Å². The van der Waals surface area contributed by atoms with E-state index >= 15 is 0 Å². The minimum absolute atomic E-state index is 0.601. The smallest absolute Gasteiger partial charge is 0.147 e. The molecule has 5 heteroatoms. The predicted octanol–water partition coefficient (Wildman–Crippen LogP) is 4.13. The standard InChI is InChI=1S/C15H21Br2NO2/c1-2-18-9-12-7-13(16)15(14(17)8-12)20-10-11-3-5-19-6-4-11/h7-8,11,18H,2-6,9-10H2,1H3. The molecule has 0 aromatic heterocycles.